The SMILES string of the molecule is CC(C)(C)CC(O)NCCOCCOCCOCCNC(=O)c1ccc(C(=O)NCCCCCCc2cn(CCCC[C@H](NC(=O)N[C@@H](CCC(=O)O)C(=O)O)C(=O)O)nn2)cc1. The number of urea groups is 1. The zero-order valence-corrected chi connectivity index (χ0v) is 36.8. The van der Waals surface area contributed by atoms with Crippen LogP contribution in [0.2, 0.25) is 0 Å². The normalized spacial score (nSPS) is 12.8. The maximum Gasteiger partial charge on any atom is 0.326 e. The second-order valence-corrected chi connectivity index (χ2v) is 16.1. The molecule has 21 heteroatoms. The van der Waals surface area contributed by atoms with Crippen LogP contribution < -0.4 is 26.6 Å². The van der Waals surface area contributed by atoms with Gasteiger partial charge in [0.2, 0.25) is 0 Å². The highest BCUT2D eigenvalue weighted by atomic mass is 16.5. The summed E-state index contributed by atoms with van der Waals surface area (Å²) in [5, 5.41) is 58.7. The van der Waals surface area contributed by atoms with Crippen LogP contribution in [0.3, 0.4) is 0 Å². The fourth-order valence-electron chi connectivity index (χ4n) is 6.02. The molecular weight excluding hydrogens is 825 g/mol. The number of aromatic nitrogens is 3. The largest absolute Gasteiger partial charge is 0.481 e. The van der Waals surface area contributed by atoms with E-state index in [2.05, 4.69) is 57.7 Å². The van der Waals surface area contributed by atoms with E-state index in [-0.39, 0.29) is 30.1 Å². The van der Waals surface area contributed by atoms with Crippen molar-refractivity contribution in [3.05, 3.63) is 47.3 Å². The molecule has 0 radical (unpaired) electrons. The molecule has 1 heterocycles. The Morgan fingerprint density at radius 3 is 1.79 bits per heavy atom. The van der Waals surface area contributed by atoms with Gasteiger partial charge in [-0.3, -0.25) is 24.4 Å². The number of carboxylic acids is 3. The molecule has 1 aromatic heterocycles. The lowest BCUT2D eigenvalue weighted by Crippen LogP contribution is -2.51. The molecule has 0 aliphatic heterocycles. The van der Waals surface area contributed by atoms with Crippen molar-refractivity contribution in [3.63, 3.8) is 0 Å². The van der Waals surface area contributed by atoms with E-state index in [4.69, 9.17) is 19.3 Å². The predicted octanol–water partition coefficient (Wildman–Crippen LogP) is 2.18. The number of amides is 4. The Bertz CT molecular complexity index is 1670. The molecule has 9 N–H and O–H groups in total. The van der Waals surface area contributed by atoms with E-state index in [1.807, 2.05) is 6.20 Å². The first-order valence-electron chi connectivity index (χ1n) is 21.5. The third-order valence-electron chi connectivity index (χ3n) is 9.33. The molecule has 63 heavy (non-hydrogen) atoms. The standard InChI is InChI=1S/C42H68N8O13/c1-42(2,3)28-35(51)43-19-22-61-24-26-63-27-25-62-23-20-45-38(55)31-14-12-30(13-15-31)37(54)44-18-8-5-4-6-10-32-29-50(49-48-32)21-9-7-11-33(39(56)57)46-41(60)47-34(40(58)59)16-17-36(52)53/h12-15,29,33-35,43,51H,4-11,16-28H2,1-3H3,(H,44,54)(H,45,55)(H,52,53)(H,56,57)(H,58,59)(H2,46,47,60)/t33-,34-,35?/m0/s1. The van der Waals surface area contributed by atoms with Crippen LogP contribution in [0.4, 0.5) is 4.79 Å². The minimum Gasteiger partial charge on any atom is -0.481 e. The molecule has 0 aliphatic rings. The third kappa shape index (κ3) is 26.1. The van der Waals surface area contributed by atoms with Crippen molar-refractivity contribution in [2.75, 3.05) is 59.3 Å². The summed E-state index contributed by atoms with van der Waals surface area (Å²) in [6, 6.07) is 2.69. The van der Waals surface area contributed by atoms with Crippen LogP contribution in [0.25, 0.3) is 0 Å². The number of benzene rings is 1. The molecule has 0 spiro atoms. The van der Waals surface area contributed by atoms with Gasteiger partial charge >= 0.3 is 23.9 Å². The van der Waals surface area contributed by atoms with Gasteiger partial charge in [-0.05, 0) is 81.0 Å². The number of rotatable bonds is 35. The van der Waals surface area contributed by atoms with Gasteiger partial charge in [0, 0.05) is 49.9 Å². The van der Waals surface area contributed by atoms with Gasteiger partial charge in [0.05, 0.1) is 45.3 Å². The number of carboxylic acid groups (broad SMARTS) is 3. The number of aliphatic carboxylic acids is 3. The van der Waals surface area contributed by atoms with Crippen LogP contribution >= 0.6 is 0 Å². The molecule has 0 aliphatic carbocycles. The Balaban J connectivity index is 1.49. The Kier molecular flexibility index (Phi) is 26.3. The lowest BCUT2D eigenvalue weighted by molar-refractivity contribution is -0.140. The molecule has 1 unspecified atom stereocenters. The average molecular weight is 893 g/mol. The summed E-state index contributed by atoms with van der Waals surface area (Å²) >= 11 is 0. The van der Waals surface area contributed by atoms with Crippen molar-refractivity contribution in [1.82, 2.24) is 41.6 Å². The lowest BCUT2D eigenvalue weighted by Gasteiger charge is -2.23. The second-order valence-electron chi connectivity index (χ2n) is 16.1. The monoisotopic (exact) mass is 892 g/mol. The third-order valence-corrected chi connectivity index (χ3v) is 9.33. The number of aliphatic hydroxyl groups is 1. The Labute approximate surface area is 368 Å². The van der Waals surface area contributed by atoms with Crippen LogP contribution in [0.15, 0.2) is 30.5 Å². The molecule has 354 valence electrons. The number of aryl methyl sites for hydroxylation is 2. The molecule has 3 atom stereocenters. The molecule has 0 bridgehead atoms. The van der Waals surface area contributed by atoms with Crippen molar-refractivity contribution in [1.29, 1.82) is 0 Å². The van der Waals surface area contributed by atoms with Crippen molar-refractivity contribution < 1.29 is 63.4 Å². The van der Waals surface area contributed by atoms with Gasteiger partial charge in [0.1, 0.15) is 18.3 Å². The van der Waals surface area contributed by atoms with E-state index in [1.54, 1.807) is 28.9 Å². The topological polar surface area (TPSA) is 302 Å². The highest BCUT2D eigenvalue weighted by Gasteiger charge is 2.25. The average Bonchev–Trinajstić information content (AvgIpc) is 3.68. The van der Waals surface area contributed by atoms with Crippen molar-refractivity contribution >= 4 is 35.8 Å². The Hall–Kier alpha value is -5.22. The number of aliphatic hydroxyl groups excluding tert-OH is 1. The van der Waals surface area contributed by atoms with Gasteiger partial charge < -0.3 is 55.9 Å². The molecule has 0 saturated heterocycles. The van der Waals surface area contributed by atoms with Crippen molar-refractivity contribution in [2.24, 2.45) is 5.41 Å². The van der Waals surface area contributed by atoms with Crippen molar-refractivity contribution in [2.45, 2.75) is 116 Å². The quantitative estimate of drug-likeness (QED) is 0.0354. The summed E-state index contributed by atoms with van der Waals surface area (Å²) in [5.41, 5.74) is 1.76. The molecule has 2 aromatic rings. The minimum absolute atomic E-state index is 0.0477. The number of carbonyl (C=O) groups excluding carboxylic acids is 3. The molecule has 21 nitrogen and oxygen atoms in total. The van der Waals surface area contributed by atoms with Crippen molar-refractivity contribution in [3.8, 4) is 0 Å². The van der Waals surface area contributed by atoms with Crippen LogP contribution in [0, 0.1) is 5.41 Å². The van der Waals surface area contributed by atoms with E-state index < -0.39 is 48.7 Å². The number of carbonyl (C=O) groups is 6. The molecule has 2 rings (SSSR count). The number of hydrogen-bond acceptors (Lipinski definition) is 13. The first-order chi connectivity index (χ1) is 30.0. The highest BCUT2D eigenvalue weighted by molar-refractivity contribution is 5.97. The van der Waals surface area contributed by atoms with E-state index in [9.17, 15) is 44.1 Å². The highest BCUT2D eigenvalue weighted by Crippen LogP contribution is 2.19. The Morgan fingerprint density at radius 1 is 0.683 bits per heavy atom. The lowest BCUT2D eigenvalue weighted by atomic mass is 9.91. The van der Waals surface area contributed by atoms with Gasteiger partial charge in [-0.25, -0.2) is 14.4 Å². The fourth-order valence-corrected chi connectivity index (χ4v) is 6.02. The zero-order valence-electron chi connectivity index (χ0n) is 36.8. The van der Waals surface area contributed by atoms with Crippen LogP contribution in [-0.2, 0) is 41.6 Å². The number of nitrogens with one attached hydrogen (secondary N) is 5. The molecule has 4 amide bonds. The van der Waals surface area contributed by atoms with Gasteiger partial charge in [-0.1, -0.05) is 38.8 Å². The first-order valence-corrected chi connectivity index (χ1v) is 21.5. The number of nitrogens with zero attached hydrogens (tertiary/aromatic N) is 3. The van der Waals surface area contributed by atoms with Crippen LogP contribution in [-0.4, -0.2) is 149 Å². The van der Waals surface area contributed by atoms with Gasteiger partial charge in [0.15, 0.2) is 0 Å². The molecule has 0 saturated carbocycles. The van der Waals surface area contributed by atoms with E-state index in [0.717, 1.165) is 37.8 Å². The Morgan fingerprint density at radius 2 is 1.22 bits per heavy atom. The summed E-state index contributed by atoms with van der Waals surface area (Å²) in [6.07, 6.45) is 6.39. The summed E-state index contributed by atoms with van der Waals surface area (Å²) < 4.78 is 18.1. The van der Waals surface area contributed by atoms with Crippen LogP contribution in [0.5, 0.6) is 0 Å². The summed E-state index contributed by atoms with van der Waals surface area (Å²) in [5.74, 6) is -4.42. The smallest absolute Gasteiger partial charge is 0.326 e. The van der Waals surface area contributed by atoms with Crippen LogP contribution in [0.1, 0.15) is 111 Å². The predicted molar refractivity (Wildman–Crippen MR) is 229 cm³/mol. The number of hydrogen-bond donors (Lipinski definition) is 9. The number of ether oxygens (including phenoxy) is 3. The van der Waals surface area contributed by atoms with Gasteiger partial charge in [0.25, 0.3) is 11.8 Å². The maximum atomic E-state index is 12.6. The maximum absolute atomic E-state index is 12.6. The van der Waals surface area contributed by atoms with Gasteiger partial charge in [-0.2, -0.15) is 0 Å². The molecule has 0 fully saturated rings. The van der Waals surface area contributed by atoms with E-state index in [0.29, 0.717) is 96.2 Å². The summed E-state index contributed by atoms with van der Waals surface area (Å²) in [6.45, 7) is 10.5. The van der Waals surface area contributed by atoms with Gasteiger partial charge in [-0.15, -0.1) is 5.10 Å². The zero-order chi connectivity index (χ0) is 46.5. The van der Waals surface area contributed by atoms with E-state index >= 15 is 0 Å². The molecule has 1 aromatic carbocycles. The molecular formula is C42H68N8O13. The second kappa shape index (κ2) is 30.8. The number of unbranched alkanes of at least 4 members (excludes halogenated alkanes) is 4. The first kappa shape index (κ1) is 53.9. The fraction of sp³-hybridized carbons (Fsp3) is 0.667. The summed E-state index contributed by atoms with van der Waals surface area (Å²) in [4.78, 5) is 70.9. The summed E-state index contributed by atoms with van der Waals surface area (Å²) in [7, 11) is 0. The van der Waals surface area contributed by atoms with E-state index in [1.165, 1.54) is 0 Å². The minimum atomic E-state index is -1.47.